The second-order valence-corrected chi connectivity index (χ2v) is 7.31. The topological polar surface area (TPSA) is 61.1 Å². The summed E-state index contributed by atoms with van der Waals surface area (Å²) in [6.07, 6.45) is 0. The first kappa shape index (κ1) is 16.5. The third-order valence-corrected chi connectivity index (χ3v) is 5.81. The van der Waals surface area contributed by atoms with E-state index in [9.17, 15) is 9.18 Å². The van der Waals surface area contributed by atoms with Crippen molar-refractivity contribution in [2.24, 2.45) is 0 Å². The second-order valence-electron chi connectivity index (χ2n) is 7.31. The smallest absolute Gasteiger partial charge is 0.246 e. The maximum absolute atomic E-state index is 13.8. The Kier molecular flexibility index (Phi) is 3.27. The van der Waals surface area contributed by atoms with Gasteiger partial charge in [-0.1, -0.05) is 18.2 Å². The minimum atomic E-state index is -0.956. The first-order valence-electron chi connectivity index (χ1n) is 9.32. The van der Waals surface area contributed by atoms with Crippen LogP contribution in [0, 0.1) is 0 Å². The molecule has 0 bridgehead atoms. The fraction of sp³-hybridized carbons (Fsp3) is 0.227. The van der Waals surface area contributed by atoms with Gasteiger partial charge in [-0.3, -0.25) is 4.79 Å². The number of benzene rings is 2. The summed E-state index contributed by atoms with van der Waals surface area (Å²) in [6.45, 7) is -0.108. The van der Waals surface area contributed by atoms with Crippen molar-refractivity contribution in [3.8, 4) is 17.2 Å². The van der Waals surface area contributed by atoms with Crippen LogP contribution in [-0.4, -0.2) is 19.3 Å². The van der Waals surface area contributed by atoms with Crippen molar-refractivity contribution in [1.29, 1.82) is 0 Å². The number of fused-ring (bicyclic) bond motifs is 5. The molecule has 6 nitrogen and oxygen atoms in total. The highest BCUT2D eigenvalue weighted by Gasteiger charge is 2.57. The van der Waals surface area contributed by atoms with Gasteiger partial charge in [-0.25, -0.2) is 4.39 Å². The standard InChI is InChI=1S/C22H16FNO5/c23-9-13-5-6-14(29-13)10-24-17-4-2-1-3-15(17)22(21(24)25)11-26-18-8-20-19(7-16(18)22)27-12-28-20/h1-8H,9-12H2/t22-/m0/s1. The molecule has 0 fully saturated rings. The summed E-state index contributed by atoms with van der Waals surface area (Å²) in [4.78, 5) is 15.5. The zero-order chi connectivity index (χ0) is 19.6. The average molecular weight is 393 g/mol. The Morgan fingerprint density at radius 1 is 0.931 bits per heavy atom. The SMILES string of the molecule is O=C1N(Cc2ccc(CF)o2)c2ccccc2[C@]12COc1cc3c(cc12)OCO3. The van der Waals surface area contributed by atoms with Crippen molar-refractivity contribution < 1.29 is 27.8 Å². The number of carbonyl (C=O) groups excluding carboxylic acids is 1. The zero-order valence-electron chi connectivity index (χ0n) is 15.3. The number of nitrogens with zero attached hydrogens (tertiary/aromatic N) is 1. The molecule has 0 N–H and O–H groups in total. The Morgan fingerprint density at radius 3 is 2.55 bits per heavy atom. The molecule has 2 aromatic carbocycles. The second kappa shape index (κ2) is 5.76. The molecule has 1 amide bonds. The highest BCUT2D eigenvalue weighted by Crippen LogP contribution is 2.55. The van der Waals surface area contributed by atoms with Crippen LogP contribution in [0.5, 0.6) is 17.2 Å². The van der Waals surface area contributed by atoms with Gasteiger partial charge in [0.05, 0.1) is 6.54 Å². The van der Waals surface area contributed by atoms with E-state index in [1.54, 1.807) is 23.1 Å². The Labute approximate surface area is 165 Å². The van der Waals surface area contributed by atoms with Crippen LogP contribution in [0.25, 0.3) is 0 Å². The molecular formula is C22H16FNO5. The first-order valence-corrected chi connectivity index (χ1v) is 9.32. The van der Waals surface area contributed by atoms with Crippen LogP contribution in [0.2, 0.25) is 0 Å². The van der Waals surface area contributed by atoms with Gasteiger partial charge in [0.25, 0.3) is 0 Å². The number of para-hydroxylation sites is 1. The number of carbonyl (C=O) groups is 1. The molecule has 1 atom stereocenters. The summed E-state index contributed by atoms with van der Waals surface area (Å²) in [5.41, 5.74) is 1.48. The zero-order valence-corrected chi connectivity index (χ0v) is 15.3. The van der Waals surface area contributed by atoms with E-state index in [-0.39, 0.29) is 31.6 Å². The maximum atomic E-state index is 13.8. The molecule has 0 saturated carbocycles. The van der Waals surface area contributed by atoms with Crippen molar-refractivity contribution in [1.82, 2.24) is 0 Å². The summed E-state index contributed by atoms with van der Waals surface area (Å²) in [6, 6.07) is 14.6. The number of anilines is 1. The molecule has 3 aromatic rings. The van der Waals surface area contributed by atoms with Gasteiger partial charge in [0.1, 0.15) is 36.0 Å². The molecule has 0 aliphatic carbocycles. The molecular weight excluding hydrogens is 377 g/mol. The quantitative estimate of drug-likeness (QED) is 0.679. The molecule has 3 aliphatic rings. The fourth-order valence-electron chi connectivity index (χ4n) is 4.46. The number of halogens is 1. The highest BCUT2D eigenvalue weighted by atomic mass is 19.1. The van der Waals surface area contributed by atoms with E-state index in [1.807, 2.05) is 30.3 Å². The molecule has 29 heavy (non-hydrogen) atoms. The van der Waals surface area contributed by atoms with E-state index in [1.165, 1.54) is 0 Å². The largest absolute Gasteiger partial charge is 0.491 e. The van der Waals surface area contributed by atoms with Crippen molar-refractivity contribution >= 4 is 11.6 Å². The Morgan fingerprint density at radius 2 is 1.72 bits per heavy atom. The van der Waals surface area contributed by atoms with Gasteiger partial charge < -0.3 is 23.5 Å². The number of ether oxygens (including phenoxy) is 3. The lowest BCUT2D eigenvalue weighted by Gasteiger charge is -2.22. The van der Waals surface area contributed by atoms with Gasteiger partial charge in [-0.05, 0) is 29.8 Å². The third kappa shape index (κ3) is 2.12. The number of hydrogen-bond acceptors (Lipinski definition) is 5. The Balaban J connectivity index is 1.48. The van der Waals surface area contributed by atoms with Crippen molar-refractivity contribution in [3.63, 3.8) is 0 Å². The van der Waals surface area contributed by atoms with E-state index >= 15 is 0 Å². The van der Waals surface area contributed by atoms with Crippen LogP contribution in [0.3, 0.4) is 0 Å². The summed E-state index contributed by atoms with van der Waals surface area (Å²) >= 11 is 0. The number of amides is 1. The van der Waals surface area contributed by atoms with Crippen molar-refractivity contribution in [3.05, 3.63) is 71.2 Å². The summed E-state index contributed by atoms with van der Waals surface area (Å²) in [7, 11) is 0. The van der Waals surface area contributed by atoms with E-state index in [4.69, 9.17) is 18.6 Å². The summed E-state index contributed by atoms with van der Waals surface area (Å²) in [5, 5.41) is 0. The van der Waals surface area contributed by atoms with Crippen molar-refractivity contribution in [2.75, 3.05) is 18.3 Å². The molecule has 7 heteroatoms. The molecule has 0 radical (unpaired) electrons. The summed E-state index contributed by atoms with van der Waals surface area (Å²) < 4.78 is 35.3. The predicted octanol–water partition coefficient (Wildman–Crippen LogP) is 3.70. The lowest BCUT2D eigenvalue weighted by Crippen LogP contribution is -2.42. The van der Waals surface area contributed by atoms with Gasteiger partial charge in [-0.15, -0.1) is 0 Å². The van der Waals surface area contributed by atoms with Crippen LogP contribution >= 0.6 is 0 Å². The first-order chi connectivity index (χ1) is 14.2. The predicted molar refractivity (Wildman–Crippen MR) is 100.0 cm³/mol. The van der Waals surface area contributed by atoms with Gasteiger partial charge in [0.2, 0.25) is 12.7 Å². The lowest BCUT2D eigenvalue weighted by molar-refractivity contribution is -0.122. The van der Waals surface area contributed by atoms with Gasteiger partial charge in [0, 0.05) is 17.3 Å². The normalized spacial score (nSPS) is 20.9. The highest BCUT2D eigenvalue weighted by molar-refractivity contribution is 6.11. The number of furan rings is 1. The minimum absolute atomic E-state index is 0.102. The number of rotatable bonds is 3. The monoisotopic (exact) mass is 393 g/mol. The van der Waals surface area contributed by atoms with Crippen molar-refractivity contribution in [2.45, 2.75) is 18.6 Å². The lowest BCUT2D eigenvalue weighted by atomic mass is 9.77. The number of hydrogen-bond donors (Lipinski definition) is 0. The fourth-order valence-corrected chi connectivity index (χ4v) is 4.46. The van der Waals surface area contributed by atoms with Gasteiger partial charge in [-0.2, -0.15) is 0 Å². The van der Waals surface area contributed by atoms with Crippen LogP contribution in [0.4, 0.5) is 10.1 Å². The molecule has 1 spiro atoms. The molecule has 0 unspecified atom stereocenters. The minimum Gasteiger partial charge on any atom is -0.491 e. The van der Waals surface area contributed by atoms with Crippen LogP contribution in [0.15, 0.2) is 52.9 Å². The molecule has 3 aliphatic heterocycles. The van der Waals surface area contributed by atoms with Crippen LogP contribution in [0.1, 0.15) is 22.6 Å². The number of alkyl halides is 1. The Hall–Kier alpha value is -3.48. The molecule has 4 heterocycles. The summed E-state index contributed by atoms with van der Waals surface area (Å²) in [5.74, 6) is 2.52. The van der Waals surface area contributed by atoms with Gasteiger partial charge >= 0.3 is 0 Å². The molecule has 1 aromatic heterocycles. The van der Waals surface area contributed by atoms with E-state index in [0.717, 1.165) is 16.8 Å². The van der Waals surface area contributed by atoms with Crippen LogP contribution in [-0.2, 0) is 23.4 Å². The van der Waals surface area contributed by atoms with Crippen LogP contribution < -0.4 is 19.1 Å². The molecule has 146 valence electrons. The third-order valence-electron chi connectivity index (χ3n) is 5.81. The molecule has 0 saturated heterocycles. The van der Waals surface area contributed by atoms with E-state index in [2.05, 4.69) is 0 Å². The Bertz CT molecular complexity index is 1160. The average Bonchev–Trinajstić information content (AvgIpc) is 3.51. The van der Waals surface area contributed by atoms with E-state index in [0.29, 0.717) is 23.0 Å². The van der Waals surface area contributed by atoms with Gasteiger partial charge in [0.15, 0.2) is 11.5 Å². The molecule has 6 rings (SSSR count). The maximum Gasteiger partial charge on any atom is 0.246 e. The van der Waals surface area contributed by atoms with E-state index < -0.39 is 12.1 Å².